The number of unbranched alkanes of at least 4 members (excludes halogenated alkanes) is 1. The highest BCUT2D eigenvalue weighted by atomic mass is 35.5. The van der Waals surface area contributed by atoms with Crippen molar-refractivity contribution in [2.24, 2.45) is 0 Å². The molecule has 0 aliphatic carbocycles. The van der Waals surface area contributed by atoms with Gasteiger partial charge in [-0.25, -0.2) is 4.39 Å². The topological polar surface area (TPSA) is 84.3 Å². The van der Waals surface area contributed by atoms with Crippen LogP contribution in [0, 0.1) is 5.82 Å². The molecule has 27 heavy (non-hydrogen) atoms. The molecule has 8 heteroatoms. The minimum atomic E-state index is -0.832. The summed E-state index contributed by atoms with van der Waals surface area (Å²) in [4.78, 5) is 19.3. The number of aliphatic carboxylic acids is 1. The summed E-state index contributed by atoms with van der Waals surface area (Å²) >= 11 is 5.84. The van der Waals surface area contributed by atoms with E-state index in [4.69, 9.17) is 21.4 Å². The quantitative estimate of drug-likeness (QED) is 0.538. The van der Waals surface area contributed by atoms with Gasteiger partial charge in [0.05, 0.1) is 17.1 Å². The van der Waals surface area contributed by atoms with E-state index in [1.54, 1.807) is 6.07 Å². The highest BCUT2D eigenvalue weighted by Gasteiger charge is 2.10. The number of carbonyl (C=O) groups is 1. The zero-order chi connectivity index (χ0) is 19.2. The molecule has 2 aromatic carbocycles. The Bertz CT molecular complexity index is 968. The monoisotopic (exact) mass is 389 g/mol. The van der Waals surface area contributed by atoms with Crippen LogP contribution in [-0.2, 0) is 4.79 Å². The van der Waals surface area contributed by atoms with Crippen LogP contribution in [-0.4, -0.2) is 27.7 Å². The maximum atomic E-state index is 13.4. The molecule has 3 rings (SSSR count). The van der Waals surface area contributed by atoms with Gasteiger partial charge in [-0.2, -0.15) is 9.97 Å². The number of anilines is 2. The van der Waals surface area contributed by atoms with Crippen LogP contribution in [0.15, 0.2) is 42.5 Å². The molecule has 0 radical (unpaired) electrons. The van der Waals surface area contributed by atoms with E-state index < -0.39 is 11.8 Å². The number of benzene rings is 2. The van der Waals surface area contributed by atoms with Gasteiger partial charge in [0.15, 0.2) is 0 Å². The van der Waals surface area contributed by atoms with Crippen molar-refractivity contribution >= 4 is 40.0 Å². The second-order valence-electron chi connectivity index (χ2n) is 5.83. The molecule has 0 aliphatic heterocycles. The lowest BCUT2D eigenvalue weighted by Gasteiger charge is -2.11. The first-order valence-electron chi connectivity index (χ1n) is 8.36. The Hall–Kier alpha value is -2.93. The molecule has 1 heterocycles. The number of carboxylic acid groups (broad SMARTS) is 1. The van der Waals surface area contributed by atoms with Crippen LogP contribution in [0.5, 0.6) is 6.01 Å². The zero-order valence-corrected chi connectivity index (χ0v) is 15.0. The van der Waals surface area contributed by atoms with Crippen molar-refractivity contribution in [2.45, 2.75) is 19.3 Å². The lowest BCUT2D eigenvalue weighted by atomic mass is 10.2. The van der Waals surface area contributed by atoms with E-state index in [0.717, 1.165) is 5.39 Å². The minimum absolute atomic E-state index is 0.00765. The van der Waals surface area contributed by atoms with Gasteiger partial charge in [-0.05, 0) is 43.2 Å². The lowest BCUT2D eigenvalue weighted by molar-refractivity contribution is -0.137. The largest absolute Gasteiger partial charge is 0.481 e. The molecule has 1 aromatic heterocycles. The summed E-state index contributed by atoms with van der Waals surface area (Å²) in [5, 5.41) is 12.5. The number of para-hydroxylation sites is 1. The van der Waals surface area contributed by atoms with Crippen molar-refractivity contribution < 1.29 is 19.0 Å². The molecule has 2 N–H and O–H groups in total. The molecule has 0 atom stereocenters. The molecule has 0 bridgehead atoms. The number of hydrogen-bond acceptors (Lipinski definition) is 5. The Morgan fingerprint density at radius 3 is 2.78 bits per heavy atom. The average Bonchev–Trinajstić information content (AvgIpc) is 2.64. The van der Waals surface area contributed by atoms with Gasteiger partial charge >= 0.3 is 12.0 Å². The minimum Gasteiger partial charge on any atom is -0.481 e. The Morgan fingerprint density at radius 2 is 2.00 bits per heavy atom. The van der Waals surface area contributed by atoms with Gasteiger partial charge in [-0.1, -0.05) is 23.7 Å². The third kappa shape index (κ3) is 5.04. The molecule has 0 spiro atoms. The normalized spacial score (nSPS) is 10.7. The molecule has 0 saturated carbocycles. The average molecular weight is 390 g/mol. The van der Waals surface area contributed by atoms with E-state index in [9.17, 15) is 9.18 Å². The van der Waals surface area contributed by atoms with Gasteiger partial charge in [0.25, 0.3) is 0 Å². The smallest absolute Gasteiger partial charge is 0.318 e. The molecular formula is C19H17ClFN3O3. The van der Waals surface area contributed by atoms with Gasteiger partial charge < -0.3 is 15.2 Å². The molecule has 140 valence electrons. The summed E-state index contributed by atoms with van der Waals surface area (Å²) < 4.78 is 18.9. The summed E-state index contributed by atoms with van der Waals surface area (Å²) in [7, 11) is 0. The number of aromatic nitrogens is 2. The second kappa shape index (κ2) is 8.64. The second-order valence-corrected chi connectivity index (χ2v) is 6.23. The first-order chi connectivity index (χ1) is 13.0. The van der Waals surface area contributed by atoms with Crippen LogP contribution in [0.3, 0.4) is 0 Å². The van der Waals surface area contributed by atoms with E-state index in [-0.39, 0.29) is 17.5 Å². The van der Waals surface area contributed by atoms with Gasteiger partial charge in [0.2, 0.25) is 0 Å². The maximum Gasteiger partial charge on any atom is 0.318 e. The van der Waals surface area contributed by atoms with Crippen LogP contribution in [0.25, 0.3) is 10.9 Å². The molecular weight excluding hydrogens is 373 g/mol. The van der Waals surface area contributed by atoms with Gasteiger partial charge in [-0.3, -0.25) is 4.79 Å². The van der Waals surface area contributed by atoms with Crippen molar-refractivity contribution in [1.29, 1.82) is 0 Å². The fourth-order valence-electron chi connectivity index (χ4n) is 2.47. The number of nitrogens with one attached hydrogen (secondary N) is 1. The molecule has 3 aromatic rings. The Kier molecular flexibility index (Phi) is 6.03. The van der Waals surface area contributed by atoms with Gasteiger partial charge in [0, 0.05) is 17.5 Å². The molecule has 0 aliphatic rings. The van der Waals surface area contributed by atoms with Crippen molar-refractivity contribution in [3.63, 3.8) is 0 Å². The lowest BCUT2D eigenvalue weighted by Crippen LogP contribution is -2.05. The number of ether oxygens (including phenoxy) is 1. The molecule has 0 fully saturated rings. The fraction of sp³-hybridized carbons (Fsp3) is 0.211. The highest BCUT2D eigenvalue weighted by molar-refractivity contribution is 6.31. The van der Waals surface area contributed by atoms with Crippen molar-refractivity contribution in [1.82, 2.24) is 9.97 Å². The molecule has 0 amide bonds. The summed E-state index contributed by atoms with van der Waals surface area (Å²) in [5.41, 5.74) is 1.27. The Morgan fingerprint density at radius 1 is 1.19 bits per heavy atom. The Labute approximate surface area is 160 Å². The summed E-state index contributed by atoms with van der Waals surface area (Å²) in [6.45, 7) is 0.313. The number of rotatable bonds is 8. The molecule has 0 unspecified atom stereocenters. The van der Waals surface area contributed by atoms with Gasteiger partial charge in [0.1, 0.15) is 11.6 Å². The summed E-state index contributed by atoms with van der Waals surface area (Å²) in [6.07, 6.45) is 1.20. The van der Waals surface area contributed by atoms with E-state index in [2.05, 4.69) is 15.3 Å². The molecule has 6 nitrogen and oxygen atoms in total. The van der Waals surface area contributed by atoms with Crippen LogP contribution in [0.4, 0.5) is 15.9 Å². The van der Waals surface area contributed by atoms with Gasteiger partial charge in [-0.15, -0.1) is 0 Å². The molecule has 0 saturated heterocycles. The van der Waals surface area contributed by atoms with Crippen LogP contribution in [0.2, 0.25) is 5.02 Å². The number of halogens is 2. The SMILES string of the molecule is O=C(O)CCCCOc1nc(Nc2ccc(F)c(Cl)c2)c2ccccc2n1. The number of hydrogen-bond donors (Lipinski definition) is 2. The van der Waals surface area contributed by atoms with Crippen LogP contribution >= 0.6 is 11.6 Å². The predicted molar refractivity (Wildman–Crippen MR) is 101 cm³/mol. The summed E-state index contributed by atoms with van der Waals surface area (Å²) in [6, 6.07) is 11.9. The zero-order valence-electron chi connectivity index (χ0n) is 14.3. The third-order valence-corrected chi connectivity index (χ3v) is 4.07. The predicted octanol–water partition coefficient (Wildman–Crippen LogP) is 4.80. The number of nitrogens with zero attached hydrogens (tertiary/aromatic N) is 2. The van der Waals surface area contributed by atoms with Crippen LogP contribution in [0.1, 0.15) is 19.3 Å². The Balaban J connectivity index is 1.80. The van der Waals surface area contributed by atoms with E-state index in [1.807, 2.05) is 24.3 Å². The van der Waals surface area contributed by atoms with Crippen molar-refractivity contribution in [2.75, 3.05) is 11.9 Å². The highest BCUT2D eigenvalue weighted by Crippen LogP contribution is 2.27. The first-order valence-corrected chi connectivity index (χ1v) is 8.74. The standard InChI is InChI=1S/C19H17ClFN3O3/c20-14-11-12(8-9-15(14)21)22-18-13-5-1-2-6-16(13)23-19(24-18)27-10-4-3-7-17(25)26/h1-2,5-6,8-9,11H,3-4,7,10H2,(H,25,26)(H,22,23,24). The number of carboxylic acids is 1. The maximum absolute atomic E-state index is 13.4. The van der Waals surface area contributed by atoms with E-state index >= 15 is 0 Å². The van der Waals surface area contributed by atoms with Crippen molar-refractivity contribution in [3.05, 3.63) is 53.3 Å². The summed E-state index contributed by atoms with van der Waals surface area (Å²) in [5.74, 6) is -0.828. The van der Waals surface area contributed by atoms with E-state index in [0.29, 0.717) is 36.5 Å². The first kappa shape index (κ1) is 18.8. The van der Waals surface area contributed by atoms with E-state index in [1.165, 1.54) is 12.1 Å². The van der Waals surface area contributed by atoms with Crippen LogP contribution < -0.4 is 10.1 Å². The van der Waals surface area contributed by atoms with Crippen molar-refractivity contribution in [3.8, 4) is 6.01 Å². The fourth-order valence-corrected chi connectivity index (χ4v) is 2.65. The third-order valence-electron chi connectivity index (χ3n) is 3.78. The number of fused-ring (bicyclic) bond motifs is 1.